The molecule has 1 aromatic heterocycles. The van der Waals surface area contributed by atoms with Crippen LogP contribution < -0.4 is 0 Å². The van der Waals surface area contributed by atoms with Crippen LogP contribution in [0.1, 0.15) is 12.1 Å². The Hall–Kier alpha value is -0.870. The molecule has 2 heterocycles. The molecule has 1 aromatic rings. The highest BCUT2D eigenvalue weighted by Crippen LogP contribution is 2.14. The van der Waals surface area contributed by atoms with Crippen LogP contribution in [0, 0.1) is 0 Å². The summed E-state index contributed by atoms with van der Waals surface area (Å²) in [6, 6.07) is 0. The van der Waals surface area contributed by atoms with E-state index in [9.17, 15) is 0 Å². The lowest BCUT2D eigenvalue weighted by Gasteiger charge is -2.12. The van der Waals surface area contributed by atoms with Crippen LogP contribution in [0.2, 0.25) is 0 Å². The first-order valence-corrected chi connectivity index (χ1v) is 4.50. The summed E-state index contributed by atoms with van der Waals surface area (Å²) in [4.78, 5) is 6.41. The van der Waals surface area contributed by atoms with Gasteiger partial charge in [-0.2, -0.15) is 0 Å². The van der Waals surface area contributed by atoms with Gasteiger partial charge >= 0.3 is 0 Å². The second-order valence-electron chi connectivity index (χ2n) is 3.36. The second-order valence-corrected chi connectivity index (χ2v) is 3.36. The highest BCUT2D eigenvalue weighted by atomic mass is 16.5. The standard InChI is InChI=1S/C9H14N2O2/c1-12-9-2-3-11(5-9)4-8-6-13-7-10-8/h6-7,9H,2-5H2,1H3/t9-/m0/s1. The van der Waals surface area contributed by atoms with Crippen LogP contribution in [0.15, 0.2) is 17.1 Å². The molecule has 1 aliphatic heterocycles. The van der Waals surface area contributed by atoms with Gasteiger partial charge in [0.15, 0.2) is 6.39 Å². The molecule has 0 bridgehead atoms. The summed E-state index contributed by atoms with van der Waals surface area (Å²) in [5.74, 6) is 0. The van der Waals surface area contributed by atoms with Crippen LogP contribution in [-0.4, -0.2) is 36.2 Å². The molecule has 1 saturated heterocycles. The van der Waals surface area contributed by atoms with Gasteiger partial charge in [0.1, 0.15) is 6.26 Å². The van der Waals surface area contributed by atoms with E-state index >= 15 is 0 Å². The summed E-state index contributed by atoms with van der Waals surface area (Å²) in [5.41, 5.74) is 0.997. The van der Waals surface area contributed by atoms with Crippen molar-refractivity contribution in [3.63, 3.8) is 0 Å². The molecule has 2 rings (SSSR count). The quantitative estimate of drug-likeness (QED) is 0.696. The van der Waals surface area contributed by atoms with Crippen LogP contribution in [0.25, 0.3) is 0 Å². The van der Waals surface area contributed by atoms with Crippen molar-refractivity contribution in [1.82, 2.24) is 9.88 Å². The summed E-state index contributed by atoms with van der Waals surface area (Å²) >= 11 is 0. The number of ether oxygens (including phenoxy) is 1. The molecule has 0 N–H and O–H groups in total. The first-order chi connectivity index (χ1) is 6.38. The molecule has 0 amide bonds. The molecule has 0 unspecified atom stereocenters. The van der Waals surface area contributed by atoms with E-state index in [1.165, 1.54) is 6.39 Å². The molecular weight excluding hydrogens is 168 g/mol. The first-order valence-electron chi connectivity index (χ1n) is 4.50. The summed E-state index contributed by atoms with van der Waals surface area (Å²) in [6.45, 7) is 2.96. The van der Waals surface area contributed by atoms with Gasteiger partial charge in [-0.1, -0.05) is 0 Å². The molecule has 1 fully saturated rings. The Balaban J connectivity index is 1.84. The average molecular weight is 182 g/mol. The minimum atomic E-state index is 0.395. The fourth-order valence-corrected chi connectivity index (χ4v) is 1.68. The van der Waals surface area contributed by atoms with Crippen LogP contribution in [0.5, 0.6) is 0 Å². The fraction of sp³-hybridized carbons (Fsp3) is 0.667. The Morgan fingerprint density at radius 2 is 2.69 bits per heavy atom. The van der Waals surface area contributed by atoms with Gasteiger partial charge in [0.2, 0.25) is 0 Å². The number of oxazole rings is 1. The topological polar surface area (TPSA) is 38.5 Å². The van der Waals surface area contributed by atoms with E-state index in [1.54, 1.807) is 13.4 Å². The van der Waals surface area contributed by atoms with E-state index in [0.29, 0.717) is 6.10 Å². The molecule has 13 heavy (non-hydrogen) atoms. The number of nitrogens with zero attached hydrogens (tertiary/aromatic N) is 2. The largest absolute Gasteiger partial charge is 0.451 e. The molecule has 0 radical (unpaired) electrons. The van der Waals surface area contributed by atoms with Crippen LogP contribution in [0.4, 0.5) is 0 Å². The van der Waals surface area contributed by atoms with Gasteiger partial charge in [-0.05, 0) is 6.42 Å². The van der Waals surface area contributed by atoms with Gasteiger partial charge in [-0.25, -0.2) is 4.98 Å². The highest BCUT2D eigenvalue weighted by Gasteiger charge is 2.22. The van der Waals surface area contributed by atoms with Crippen molar-refractivity contribution in [2.45, 2.75) is 19.1 Å². The summed E-state index contributed by atoms with van der Waals surface area (Å²) in [7, 11) is 1.77. The number of aromatic nitrogens is 1. The van der Waals surface area contributed by atoms with Crippen molar-refractivity contribution in [3.05, 3.63) is 18.4 Å². The number of methoxy groups -OCH3 is 1. The van der Waals surface area contributed by atoms with Gasteiger partial charge in [0.25, 0.3) is 0 Å². The molecule has 4 heteroatoms. The number of hydrogen-bond acceptors (Lipinski definition) is 4. The van der Waals surface area contributed by atoms with E-state index < -0.39 is 0 Å². The molecule has 0 spiro atoms. The smallest absolute Gasteiger partial charge is 0.180 e. The van der Waals surface area contributed by atoms with Gasteiger partial charge < -0.3 is 9.15 Å². The highest BCUT2D eigenvalue weighted by molar-refractivity contribution is 4.92. The predicted molar refractivity (Wildman–Crippen MR) is 47.2 cm³/mol. The Morgan fingerprint density at radius 1 is 1.77 bits per heavy atom. The minimum Gasteiger partial charge on any atom is -0.451 e. The van der Waals surface area contributed by atoms with E-state index in [0.717, 1.165) is 31.7 Å². The summed E-state index contributed by atoms with van der Waals surface area (Å²) in [5, 5.41) is 0. The number of likely N-dealkylation sites (tertiary alicyclic amines) is 1. The van der Waals surface area contributed by atoms with Crippen molar-refractivity contribution in [2.24, 2.45) is 0 Å². The third-order valence-corrected chi connectivity index (χ3v) is 2.43. The van der Waals surface area contributed by atoms with Gasteiger partial charge in [-0.15, -0.1) is 0 Å². The lowest BCUT2D eigenvalue weighted by atomic mass is 10.3. The van der Waals surface area contributed by atoms with Crippen LogP contribution >= 0.6 is 0 Å². The Morgan fingerprint density at radius 3 is 3.31 bits per heavy atom. The Kier molecular flexibility index (Phi) is 2.61. The van der Waals surface area contributed by atoms with Gasteiger partial charge in [-0.3, -0.25) is 4.90 Å². The van der Waals surface area contributed by atoms with Gasteiger partial charge in [0, 0.05) is 26.7 Å². The normalized spacial score (nSPS) is 23.9. The molecule has 4 nitrogen and oxygen atoms in total. The molecule has 72 valence electrons. The van der Waals surface area contributed by atoms with Crippen molar-refractivity contribution in [3.8, 4) is 0 Å². The maximum atomic E-state index is 5.28. The minimum absolute atomic E-state index is 0.395. The van der Waals surface area contributed by atoms with Gasteiger partial charge in [0.05, 0.1) is 11.8 Å². The van der Waals surface area contributed by atoms with Crippen molar-refractivity contribution in [2.75, 3.05) is 20.2 Å². The zero-order valence-electron chi connectivity index (χ0n) is 7.77. The zero-order valence-corrected chi connectivity index (χ0v) is 7.77. The average Bonchev–Trinajstić information content (AvgIpc) is 2.76. The number of rotatable bonds is 3. The molecule has 0 saturated carbocycles. The maximum Gasteiger partial charge on any atom is 0.180 e. The SMILES string of the molecule is CO[C@H]1CCN(Cc2cocn2)C1. The Bertz CT molecular complexity index is 248. The van der Waals surface area contributed by atoms with Crippen LogP contribution in [0.3, 0.4) is 0 Å². The lowest BCUT2D eigenvalue weighted by Crippen LogP contribution is -2.22. The number of hydrogen-bond donors (Lipinski definition) is 0. The molecule has 0 aromatic carbocycles. The molecular formula is C9H14N2O2. The van der Waals surface area contributed by atoms with Crippen molar-refractivity contribution in [1.29, 1.82) is 0 Å². The maximum absolute atomic E-state index is 5.28. The molecule has 0 aliphatic carbocycles. The van der Waals surface area contributed by atoms with Crippen LogP contribution in [-0.2, 0) is 11.3 Å². The van der Waals surface area contributed by atoms with Crippen molar-refractivity contribution < 1.29 is 9.15 Å². The summed E-state index contributed by atoms with van der Waals surface area (Å²) < 4.78 is 10.2. The van der Waals surface area contributed by atoms with E-state index in [4.69, 9.17) is 9.15 Å². The summed E-state index contributed by atoms with van der Waals surface area (Å²) in [6.07, 6.45) is 4.68. The van der Waals surface area contributed by atoms with E-state index in [2.05, 4.69) is 9.88 Å². The predicted octanol–water partition coefficient (Wildman–Crippen LogP) is 0.895. The fourth-order valence-electron chi connectivity index (χ4n) is 1.68. The molecule has 1 aliphatic rings. The van der Waals surface area contributed by atoms with E-state index in [-0.39, 0.29) is 0 Å². The monoisotopic (exact) mass is 182 g/mol. The molecule has 1 atom stereocenters. The third kappa shape index (κ3) is 2.08. The third-order valence-electron chi connectivity index (χ3n) is 2.43. The lowest BCUT2D eigenvalue weighted by molar-refractivity contribution is 0.107. The zero-order chi connectivity index (χ0) is 9.10. The van der Waals surface area contributed by atoms with Crippen molar-refractivity contribution >= 4 is 0 Å². The first kappa shape index (κ1) is 8.72. The van der Waals surface area contributed by atoms with E-state index in [1.807, 2.05) is 0 Å². The Labute approximate surface area is 77.5 Å². The second kappa shape index (κ2) is 3.89.